The number of carbonyl (C=O) groups excluding carboxylic acids is 1. The van der Waals surface area contributed by atoms with E-state index in [1.165, 1.54) is 23.1 Å². The van der Waals surface area contributed by atoms with E-state index in [1.54, 1.807) is 0 Å². The molecule has 0 radical (unpaired) electrons. The minimum Gasteiger partial charge on any atom is -0.410 e. The highest BCUT2D eigenvalue weighted by Gasteiger charge is 2.20. The first-order chi connectivity index (χ1) is 11.9. The first kappa shape index (κ1) is 17.6. The fourth-order valence-electron chi connectivity index (χ4n) is 2.23. The molecule has 0 saturated heterocycles. The van der Waals surface area contributed by atoms with E-state index in [-0.39, 0.29) is 11.2 Å². The van der Waals surface area contributed by atoms with Gasteiger partial charge in [-0.3, -0.25) is 4.79 Å². The summed E-state index contributed by atoms with van der Waals surface area (Å²) in [7, 11) is 0. The van der Waals surface area contributed by atoms with Crippen molar-refractivity contribution in [1.82, 2.24) is 15.2 Å². The Morgan fingerprint density at radius 1 is 1.24 bits per heavy atom. The normalized spacial score (nSPS) is 12.2. The largest absolute Gasteiger partial charge is 0.410 e. The number of thiazole rings is 1. The van der Waals surface area contributed by atoms with Crippen LogP contribution in [0.3, 0.4) is 0 Å². The average molecular weight is 374 g/mol. The van der Waals surface area contributed by atoms with E-state index < -0.39 is 0 Å². The number of anilines is 1. The second-order valence-corrected chi connectivity index (χ2v) is 8.08. The van der Waals surface area contributed by atoms with Crippen LogP contribution in [0.4, 0.5) is 5.69 Å². The summed E-state index contributed by atoms with van der Waals surface area (Å²) in [6.45, 7) is 7.61. The second-order valence-electron chi connectivity index (χ2n) is 5.58. The van der Waals surface area contributed by atoms with E-state index >= 15 is 0 Å². The molecule has 130 valence electrons. The van der Waals surface area contributed by atoms with Gasteiger partial charge >= 0.3 is 0 Å². The summed E-state index contributed by atoms with van der Waals surface area (Å²) in [4.78, 5) is 17.6. The van der Waals surface area contributed by atoms with Crippen LogP contribution in [0.15, 0.2) is 33.9 Å². The van der Waals surface area contributed by atoms with Gasteiger partial charge in [-0.25, -0.2) is 4.98 Å². The molecule has 1 unspecified atom stereocenters. The molecular weight excluding hydrogens is 356 g/mol. The van der Waals surface area contributed by atoms with E-state index in [0.29, 0.717) is 11.1 Å². The highest BCUT2D eigenvalue weighted by molar-refractivity contribution is 8.00. The minimum atomic E-state index is -0.364. The van der Waals surface area contributed by atoms with Crippen molar-refractivity contribution in [3.05, 3.63) is 40.5 Å². The number of carbonyl (C=O) groups is 1. The van der Waals surface area contributed by atoms with Crippen LogP contribution in [-0.2, 0) is 4.79 Å². The number of amides is 1. The van der Waals surface area contributed by atoms with Gasteiger partial charge in [0.25, 0.3) is 11.1 Å². The van der Waals surface area contributed by atoms with Gasteiger partial charge in [-0.15, -0.1) is 21.5 Å². The van der Waals surface area contributed by atoms with Crippen LogP contribution < -0.4 is 5.32 Å². The molecular formula is C17H18N4O2S2. The molecule has 0 aliphatic rings. The molecule has 25 heavy (non-hydrogen) atoms. The minimum absolute atomic E-state index is 0.108. The molecule has 1 amide bonds. The zero-order chi connectivity index (χ0) is 18.0. The number of nitrogens with zero attached hydrogens (tertiary/aromatic N) is 3. The van der Waals surface area contributed by atoms with Crippen molar-refractivity contribution in [2.45, 2.75) is 38.2 Å². The third kappa shape index (κ3) is 4.08. The van der Waals surface area contributed by atoms with Gasteiger partial charge in [0.05, 0.1) is 16.0 Å². The predicted octanol–water partition coefficient (Wildman–Crippen LogP) is 4.24. The van der Waals surface area contributed by atoms with Gasteiger partial charge in [-0.2, -0.15) is 0 Å². The fraction of sp³-hybridized carbons (Fsp3) is 0.294. The molecule has 3 rings (SSSR count). The molecule has 0 aliphatic heterocycles. The molecule has 0 saturated carbocycles. The first-order valence-electron chi connectivity index (χ1n) is 7.75. The van der Waals surface area contributed by atoms with Crippen LogP contribution in [0.2, 0.25) is 0 Å². The molecule has 1 N–H and O–H groups in total. The Morgan fingerprint density at radius 2 is 2.00 bits per heavy atom. The molecule has 1 aromatic carbocycles. The zero-order valence-electron chi connectivity index (χ0n) is 14.4. The Bertz CT molecular complexity index is 904. The van der Waals surface area contributed by atoms with Crippen molar-refractivity contribution >= 4 is 34.7 Å². The molecule has 0 bridgehead atoms. The lowest BCUT2D eigenvalue weighted by Gasteiger charge is -2.11. The predicted molar refractivity (Wildman–Crippen MR) is 100 cm³/mol. The number of rotatable bonds is 5. The highest BCUT2D eigenvalue weighted by atomic mass is 32.2. The van der Waals surface area contributed by atoms with Gasteiger partial charge in [0.1, 0.15) is 4.88 Å². The molecule has 0 aliphatic carbocycles. The molecule has 8 heteroatoms. The van der Waals surface area contributed by atoms with Crippen molar-refractivity contribution < 1.29 is 9.21 Å². The summed E-state index contributed by atoms with van der Waals surface area (Å²) >= 11 is 2.75. The lowest BCUT2D eigenvalue weighted by molar-refractivity contribution is -0.115. The molecule has 1 atom stereocenters. The smallest absolute Gasteiger partial charge is 0.277 e. The van der Waals surface area contributed by atoms with Crippen LogP contribution in [0.5, 0.6) is 0 Å². The van der Waals surface area contributed by atoms with Gasteiger partial charge in [0.15, 0.2) is 0 Å². The highest BCUT2D eigenvalue weighted by Crippen LogP contribution is 2.31. The molecule has 0 fully saturated rings. The molecule has 3 aromatic rings. The maximum Gasteiger partial charge on any atom is 0.277 e. The van der Waals surface area contributed by atoms with Crippen molar-refractivity contribution in [3.63, 3.8) is 0 Å². The summed E-state index contributed by atoms with van der Waals surface area (Å²) < 4.78 is 5.69. The van der Waals surface area contributed by atoms with Crippen molar-refractivity contribution in [1.29, 1.82) is 0 Å². The van der Waals surface area contributed by atoms with Crippen LogP contribution in [0, 0.1) is 20.8 Å². The number of hydrogen-bond acceptors (Lipinski definition) is 7. The maximum absolute atomic E-state index is 12.4. The maximum atomic E-state index is 12.4. The van der Waals surface area contributed by atoms with Crippen LogP contribution in [0.1, 0.15) is 23.2 Å². The van der Waals surface area contributed by atoms with Crippen molar-refractivity contribution in [3.8, 4) is 10.8 Å². The molecule has 2 heterocycles. The Morgan fingerprint density at radius 3 is 2.68 bits per heavy atom. The third-order valence-electron chi connectivity index (χ3n) is 3.55. The summed E-state index contributed by atoms with van der Waals surface area (Å²) in [5, 5.41) is 12.0. The monoisotopic (exact) mass is 374 g/mol. The van der Waals surface area contributed by atoms with E-state index in [4.69, 9.17) is 4.42 Å². The second kappa shape index (κ2) is 7.37. The average Bonchev–Trinajstić information content (AvgIpc) is 3.15. The summed E-state index contributed by atoms with van der Waals surface area (Å²) in [5.41, 5.74) is 2.69. The SMILES string of the molecule is Cc1nc(C)c(-c2nnc(SC(C)C(=O)Nc3ccccc3C)o2)s1. The van der Waals surface area contributed by atoms with Crippen LogP contribution >= 0.6 is 23.1 Å². The zero-order valence-corrected chi connectivity index (χ0v) is 16.0. The Kier molecular flexibility index (Phi) is 5.19. The molecule has 6 nitrogen and oxygen atoms in total. The van der Waals surface area contributed by atoms with Crippen molar-refractivity contribution in [2.75, 3.05) is 5.32 Å². The fourth-order valence-corrected chi connectivity index (χ4v) is 3.76. The quantitative estimate of drug-likeness (QED) is 0.673. The number of aromatic nitrogens is 3. The lowest BCUT2D eigenvalue weighted by atomic mass is 10.2. The number of hydrogen-bond donors (Lipinski definition) is 1. The number of aryl methyl sites for hydroxylation is 3. The Hall–Kier alpha value is -2.19. The van der Waals surface area contributed by atoms with Gasteiger partial charge in [-0.05, 0) is 39.3 Å². The number of benzene rings is 1. The Labute approximate surface area is 154 Å². The van der Waals surface area contributed by atoms with Gasteiger partial charge in [0, 0.05) is 5.69 Å². The van der Waals surface area contributed by atoms with E-state index in [1.807, 2.05) is 52.0 Å². The molecule has 0 spiro atoms. The topological polar surface area (TPSA) is 80.9 Å². The molecule has 2 aromatic heterocycles. The van der Waals surface area contributed by atoms with Gasteiger partial charge in [0.2, 0.25) is 5.91 Å². The van der Waals surface area contributed by atoms with Gasteiger partial charge < -0.3 is 9.73 Å². The summed E-state index contributed by atoms with van der Waals surface area (Å²) in [6, 6.07) is 7.66. The van der Waals surface area contributed by atoms with E-state index in [2.05, 4.69) is 20.5 Å². The van der Waals surface area contributed by atoms with Crippen LogP contribution in [-0.4, -0.2) is 26.3 Å². The summed E-state index contributed by atoms with van der Waals surface area (Å²) in [6.07, 6.45) is 0. The summed E-state index contributed by atoms with van der Waals surface area (Å²) in [5.74, 6) is 0.334. The lowest BCUT2D eigenvalue weighted by Crippen LogP contribution is -2.22. The van der Waals surface area contributed by atoms with E-state index in [9.17, 15) is 4.79 Å². The number of thioether (sulfide) groups is 1. The van der Waals surface area contributed by atoms with Crippen molar-refractivity contribution in [2.24, 2.45) is 0 Å². The third-order valence-corrected chi connectivity index (χ3v) is 5.55. The first-order valence-corrected chi connectivity index (χ1v) is 9.44. The van der Waals surface area contributed by atoms with Crippen LogP contribution in [0.25, 0.3) is 10.8 Å². The number of nitrogens with one attached hydrogen (secondary N) is 1. The van der Waals surface area contributed by atoms with Gasteiger partial charge in [-0.1, -0.05) is 30.0 Å². The number of para-hydroxylation sites is 1. The standard InChI is InChI=1S/C17H18N4O2S2/c1-9-7-5-6-8-13(9)19-15(22)11(3)24-17-21-20-16(23-17)14-10(2)18-12(4)25-14/h5-8,11H,1-4H3,(H,19,22). The Balaban J connectivity index is 1.67. The van der Waals surface area contributed by atoms with E-state index in [0.717, 1.165) is 26.8 Å².